The van der Waals surface area contributed by atoms with Crippen molar-refractivity contribution in [2.45, 2.75) is 32.6 Å². The quantitative estimate of drug-likeness (QED) is 0.505. The summed E-state index contributed by atoms with van der Waals surface area (Å²) in [5, 5.41) is 4.97. The SMILES string of the molecule is CNCCN(N)/C1=C(\N)CCC2C(C)C2CC1. The molecule has 0 aromatic carbocycles. The van der Waals surface area contributed by atoms with E-state index in [-0.39, 0.29) is 0 Å². The highest BCUT2D eigenvalue weighted by Crippen LogP contribution is 2.53. The van der Waals surface area contributed by atoms with Gasteiger partial charge in [-0.25, -0.2) is 5.84 Å². The molecule has 0 aromatic heterocycles. The zero-order valence-corrected chi connectivity index (χ0v) is 11.1. The number of nitrogens with one attached hydrogen (secondary N) is 1. The summed E-state index contributed by atoms with van der Waals surface area (Å²) in [5.41, 5.74) is 8.38. The fourth-order valence-corrected chi connectivity index (χ4v) is 3.22. The fraction of sp³-hybridized carbons (Fsp3) is 0.846. The molecule has 2 aliphatic rings. The van der Waals surface area contributed by atoms with Gasteiger partial charge in [0.05, 0.1) is 0 Å². The number of hydrogen-bond donors (Lipinski definition) is 3. The summed E-state index contributed by atoms with van der Waals surface area (Å²) < 4.78 is 0. The van der Waals surface area contributed by atoms with Crippen molar-refractivity contribution in [3.8, 4) is 0 Å². The van der Waals surface area contributed by atoms with Crippen LogP contribution in [0.1, 0.15) is 32.6 Å². The molecule has 5 N–H and O–H groups in total. The van der Waals surface area contributed by atoms with E-state index in [0.29, 0.717) is 0 Å². The lowest BCUT2D eigenvalue weighted by atomic mass is 10.0. The number of allylic oxidation sites excluding steroid dienone is 2. The van der Waals surface area contributed by atoms with Gasteiger partial charge in [-0.2, -0.15) is 0 Å². The summed E-state index contributed by atoms with van der Waals surface area (Å²) >= 11 is 0. The van der Waals surface area contributed by atoms with E-state index in [1.165, 1.54) is 18.5 Å². The third kappa shape index (κ3) is 2.75. The van der Waals surface area contributed by atoms with Crippen molar-refractivity contribution in [1.82, 2.24) is 10.3 Å². The lowest BCUT2D eigenvalue weighted by Gasteiger charge is -2.25. The minimum atomic E-state index is 0.830. The average Bonchev–Trinajstić information content (AvgIpc) is 2.90. The van der Waals surface area contributed by atoms with Gasteiger partial charge in [0.25, 0.3) is 0 Å². The number of nitrogens with two attached hydrogens (primary N) is 2. The van der Waals surface area contributed by atoms with Gasteiger partial charge in [-0.1, -0.05) is 6.92 Å². The Kier molecular flexibility index (Phi) is 3.94. The van der Waals surface area contributed by atoms with Crippen molar-refractivity contribution in [3.05, 3.63) is 11.4 Å². The molecule has 4 nitrogen and oxygen atoms in total. The lowest BCUT2D eigenvalue weighted by molar-refractivity contribution is 0.330. The molecule has 0 amide bonds. The Hall–Kier alpha value is -0.740. The maximum Gasteiger partial charge on any atom is 0.0478 e. The fourth-order valence-electron chi connectivity index (χ4n) is 3.22. The van der Waals surface area contributed by atoms with Crippen molar-refractivity contribution in [2.24, 2.45) is 29.3 Å². The highest BCUT2D eigenvalue weighted by molar-refractivity contribution is 5.13. The van der Waals surface area contributed by atoms with Gasteiger partial charge >= 0.3 is 0 Å². The maximum absolute atomic E-state index is 6.18. The van der Waals surface area contributed by atoms with Gasteiger partial charge < -0.3 is 16.1 Å². The van der Waals surface area contributed by atoms with E-state index in [0.717, 1.165) is 49.4 Å². The topological polar surface area (TPSA) is 67.3 Å². The summed E-state index contributed by atoms with van der Waals surface area (Å²) in [4.78, 5) is 0. The first-order valence-corrected chi connectivity index (χ1v) is 6.79. The smallest absolute Gasteiger partial charge is 0.0478 e. The second-order valence-corrected chi connectivity index (χ2v) is 5.53. The standard InChI is InChI=1S/C13H26N4/c1-9-10-3-5-12(14)13(6-4-11(9)10)17(15)8-7-16-2/h9-11,16H,3-8,14-15H2,1-2H3/b13-12-. The summed E-state index contributed by atoms with van der Waals surface area (Å²) in [6, 6.07) is 0. The lowest BCUT2D eigenvalue weighted by Crippen LogP contribution is -2.37. The highest BCUT2D eigenvalue weighted by atomic mass is 15.4. The van der Waals surface area contributed by atoms with Crippen LogP contribution in [0.4, 0.5) is 0 Å². The third-order valence-corrected chi connectivity index (χ3v) is 4.54. The minimum absolute atomic E-state index is 0.830. The molecule has 2 aliphatic carbocycles. The minimum Gasteiger partial charge on any atom is -0.401 e. The van der Waals surface area contributed by atoms with Crippen molar-refractivity contribution < 1.29 is 0 Å². The molecule has 3 unspecified atom stereocenters. The van der Waals surface area contributed by atoms with E-state index in [2.05, 4.69) is 12.2 Å². The van der Waals surface area contributed by atoms with Crippen LogP contribution < -0.4 is 16.9 Å². The largest absolute Gasteiger partial charge is 0.401 e. The van der Waals surface area contributed by atoms with Gasteiger partial charge in [-0.15, -0.1) is 0 Å². The molecule has 0 spiro atoms. The van der Waals surface area contributed by atoms with E-state index in [9.17, 15) is 0 Å². The van der Waals surface area contributed by atoms with Crippen molar-refractivity contribution in [2.75, 3.05) is 20.1 Å². The Labute approximate surface area is 104 Å². The van der Waals surface area contributed by atoms with E-state index in [4.69, 9.17) is 11.6 Å². The molecule has 0 bridgehead atoms. The monoisotopic (exact) mass is 238 g/mol. The van der Waals surface area contributed by atoms with Gasteiger partial charge in [-0.05, 0) is 50.5 Å². The van der Waals surface area contributed by atoms with Gasteiger partial charge in [0.2, 0.25) is 0 Å². The molecule has 0 saturated heterocycles. The molecular weight excluding hydrogens is 212 g/mol. The second kappa shape index (κ2) is 5.27. The molecule has 1 fully saturated rings. The molecule has 0 aliphatic heterocycles. The van der Waals surface area contributed by atoms with E-state index in [1.807, 2.05) is 12.1 Å². The van der Waals surface area contributed by atoms with Crippen LogP contribution in [0.2, 0.25) is 0 Å². The predicted molar refractivity (Wildman–Crippen MR) is 70.6 cm³/mol. The van der Waals surface area contributed by atoms with Crippen LogP contribution in [-0.2, 0) is 0 Å². The molecule has 4 heteroatoms. The van der Waals surface area contributed by atoms with Crippen LogP contribution in [0.3, 0.4) is 0 Å². The number of nitrogens with zero attached hydrogens (tertiary/aromatic N) is 1. The number of hydrogen-bond acceptors (Lipinski definition) is 4. The second-order valence-electron chi connectivity index (χ2n) is 5.53. The van der Waals surface area contributed by atoms with Gasteiger partial charge in [0, 0.05) is 24.5 Å². The first-order valence-electron chi connectivity index (χ1n) is 6.79. The molecule has 0 radical (unpaired) electrons. The Morgan fingerprint density at radius 1 is 1.29 bits per heavy atom. The Morgan fingerprint density at radius 3 is 2.59 bits per heavy atom. The van der Waals surface area contributed by atoms with E-state index in [1.54, 1.807) is 0 Å². The molecule has 3 atom stereocenters. The Morgan fingerprint density at radius 2 is 1.94 bits per heavy atom. The zero-order valence-electron chi connectivity index (χ0n) is 11.1. The van der Waals surface area contributed by atoms with Gasteiger partial charge in [0.15, 0.2) is 0 Å². The molecule has 2 rings (SSSR count). The summed E-state index contributed by atoms with van der Waals surface area (Å²) in [6.07, 6.45) is 4.59. The first kappa shape index (κ1) is 12.7. The Bertz CT molecular complexity index is 300. The number of hydrazine groups is 1. The Balaban J connectivity index is 1.96. The van der Waals surface area contributed by atoms with Crippen LogP contribution in [0.15, 0.2) is 11.4 Å². The normalized spacial score (nSPS) is 37.0. The van der Waals surface area contributed by atoms with Gasteiger partial charge in [0.1, 0.15) is 0 Å². The van der Waals surface area contributed by atoms with Gasteiger partial charge in [-0.3, -0.25) is 0 Å². The van der Waals surface area contributed by atoms with E-state index < -0.39 is 0 Å². The molecule has 1 saturated carbocycles. The van der Waals surface area contributed by atoms with Crippen LogP contribution in [0.25, 0.3) is 0 Å². The van der Waals surface area contributed by atoms with Crippen molar-refractivity contribution in [3.63, 3.8) is 0 Å². The van der Waals surface area contributed by atoms with Crippen molar-refractivity contribution in [1.29, 1.82) is 0 Å². The van der Waals surface area contributed by atoms with Crippen LogP contribution >= 0.6 is 0 Å². The summed E-state index contributed by atoms with van der Waals surface area (Å²) in [6.45, 7) is 4.10. The van der Waals surface area contributed by atoms with Crippen LogP contribution in [-0.4, -0.2) is 25.1 Å². The maximum atomic E-state index is 6.18. The third-order valence-electron chi connectivity index (χ3n) is 4.54. The number of rotatable bonds is 4. The molecule has 17 heavy (non-hydrogen) atoms. The van der Waals surface area contributed by atoms with Crippen molar-refractivity contribution >= 4 is 0 Å². The number of likely N-dealkylation sites (N-methyl/N-ethyl adjacent to an activating group) is 1. The predicted octanol–water partition coefficient (Wildman–Crippen LogP) is 1.01. The summed E-state index contributed by atoms with van der Waals surface area (Å²) in [5.74, 6) is 8.86. The van der Waals surface area contributed by atoms with Crippen LogP contribution in [0, 0.1) is 17.8 Å². The number of fused-ring (bicyclic) bond motifs is 1. The molecule has 98 valence electrons. The average molecular weight is 238 g/mol. The highest BCUT2D eigenvalue weighted by Gasteiger charge is 2.46. The van der Waals surface area contributed by atoms with Crippen LogP contribution in [0.5, 0.6) is 0 Å². The molecule has 0 aromatic rings. The molecular formula is C13H26N4. The van der Waals surface area contributed by atoms with E-state index >= 15 is 0 Å². The molecule has 0 heterocycles. The zero-order chi connectivity index (χ0) is 12.4. The first-order chi connectivity index (χ1) is 8.15. The summed E-state index contributed by atoms with van der Waals surface area (Å²) in [7, 11) is 1.94.